The Kier molecular flexibility index (Phi) is 6.62. The van der Waals surface area contributed by atoms with Gasteiger partial charge in [0.15, 0.2) is 4.95 Å². The zero-order chi connectivity index (χ0) is 22.0. The average molecular weight is 501 g/mol. The zero-order valence-corrected chi connectivity index (χ0v) is 20.3. The van der Waals surface area contributed by atoms with Crippen molar-refractivity contribution in [1.29, 1.82) is 0 Å². The van der Waals surface area contributed by atoms with Crippen LogP contribution in [-0.4, -0.2) is 53.5 Å². The van der Waals surface area contributed by atoms with Crippen molar-refractivity contribution in [2.45, 2.75) is 48.8 Å². The quantitative estimate of drug-likeness (QED) is 0.213. The highest BCUT2D eigenvalue weighted by Crippen LogP contribution is 2.48. The highest BCUT2D eigenvalue weighted by molar-refractivity contribution is 9.09. The molecule has 2 aromatic carbocycles. The summed E-state index contributed by atoms with van der Waals surface area (Å²) in [4.78, 5) is 0.283. The molecule has 1 aliphatic carbocycles. The maximum Gasteiger partial charge on any atom is 0.171 e. The normalized spacial score (nSPS) is 31.2. The van der Waals surface area contributed by atoms with E-state index in [1.54, 1.807) is 0 Å². The lowest BCUT2D eigenvalue weighted by molar-refractivity contribution is -0.955. The fourth-order valence-corrected chi connectivity index (χ4v) is 7.01. The van der Waals surface area contributed by atoms with Gasteiger partial charge < -0.3 is 19.1 Å². The summed E-state index contributed by atoms with van der Waals surface area (Å²) in [5.41, 5.74) is 0.130. The molecular formula is C27H35BrNO3+. The van der Waals surface area contributed by atoms with E-state index in [4.69, 9.17) is 9.47 Å². The Morgan fingerprint density at radius 2 is 1.59 bits per heavy atom. The molecule has 4 aliphatic rings. The van der Waals surface area contributed by atoms with Crippen LogP contribution in [-0.2, 0) is 10.3 Å². The first-order chi connectivity index (χ1) is 15.6. The standard InChI is InChI=1S/C27H35BrNO3/c28-26-25(32-20-27(30,23-12-13-23)22-8-3-1-4-9-22)21-14-17-29(26,18-15-21)16-7-19-31-24-10-5-2-6-11-24/h1-6,8-11,21,23,25-26,30H,7,12-20H2/q+1. The van der Waals surface area contributed by atoms with Crippen molar-refractivity contribution in [3.63, 3.8) is 0 Å². The molecule has 0 radical (unpaired) electrons. The molecule has 172 valence electrons. The van der Waals surface area contributed by atoms with Crippen LogP contribution >= 0.6 is 15.9 Å². The predicted octanol–water partition coefficient (Wildman–Crippen LogP) is 5.10. The third-order valence-corrected chi connectivity index (χ3v) is 9.32. The van der Waals surface area contributed by atoms with Crippen molar-refractivity contribution in [2.24, 2.45) is 11.8 Å². The lowest BCUT2D eigenvalue weighted by Gasteiger charge is -2.56. The van der Waals surface area contributed by atoms with E-state index in [-0.39, 0.29) is 11.1 Å². The van der Waals surface area contributed by atoms with E-state index in [1.165, 1.54) is 25.9 Å². The number of alkyl halides is 1. The third-order valence-electron chi connectivity index (χ3n) is 7.93. The molecule has 32 heavy (non-hydrogen) atoms. The zero-order valence-electron chi connectivity index (χ0n) is 18.7. The van der Waals surface area contributed by atoms with E-state index >= 15 is 0 Å². The molecule has 3 unspecified atom stereocenters. The van der Waals surface area contributed by atoms with Gasteiger partial charge in [0.2, 0.25) is 0 Å². The number of quaternary nitrogens is 1. The topological polar surface area (TPSA) is 38.7 Å². The smallest absolute Gasteiger partial charge is 0.171 e. The summed E-state index contributed by atoms with van der Waals surface area (Å²) >= 11 is 4.07. The SMILES string of the molecule is OC(COC1C2CC[N+](CCCOc3ccccc3)(CC2)C1Br)(c1ccccc1)C1CC1. The maximum absolute atomic E-state index is 11.6. The van der Waals surface area contributed by atoms with Crippen LogP contribution in [0.25, 0.3) is 0 Å². The molecule has 2 bridgehead atoms. The second kappa shape index (κ2) is 9.46. The minimum absolute atomic E-state index is 0.154. The van der Waals surface area contributed by atoms with Crippen LogP contribution in [0.2, 0.25) is 0 Å². The Morgan fingerprint density at radius 3 is 2.25 bits per heavy atom. The number of rotatable bonds is 10. The molecule has 0 spiro atoms. The Balaban J connectivity index is 1.20. The fourth-order valence-electron chi connectivity index (χ4n) is 5.81. The lowest BCUT2D eigenvalue weighted by atomic mass is 9.82. The van der Waals surface area contributed by atoms with Gasteiger partial charge in [-0.1, -0.05) is 48.5 Å². The minimum atomic E-state index is -0.867. The number of para-hydroxylation sites is 1. The molecule has 1 N–H and O–H groups in total. The van der Waals surface area contributed by atoms with Gasteiger partial charge in [-0.3, -0.25) is 0 Å². The number of hydrogen-bond donors (Lipinski definition) is 1. The molecule has 4 fully saturated rings. The van der Waals surface area contributed by atoms with Crippen LogP contribution in [0.5, 0.6) is 5.75 Å². The number of ether oxygens (including phenoxy) is 2. The number of aliphatic hydroxyl groups is 1. The maximum atomic E-state index is 11.6. The van der Waals surface area contributed by atoms with Crippen molar-refractivity contribution in [3.05, 3.63) is 66.2 Å². The summed E-state index contributed by atoms with van der Waals surface area (Å²) < 4.78 is 13.6. The molecule has 0 aromatic heterocycles. The van der Waals surface area contributed by atoms with Gasteiger partial charge in [-0.05, 0) is 52.4 Å². The number of hydrogen-bond acceptors (Lipinski definition) is 3. The number of halogens is 1. The first-order valence-electron chi connectivity index (χ1n) is 12.2. The second-order valence-electron chi connectivity index (χ2n) is 9.95. The van der Waals surface area contributed by atoms with E-state index in [9.17, 15) is 5.11 Å². The molecule has 3 heterocycles. The van der Waals surface area contributed by atoms with Gasteiger partial charge >= 0.3 is 0 Å². The van der Waals surface area contributed by atoms with Crippen LogP contribution in [0.15, 0.2) is 60.7 Å². The van der Waals surface area contributed by atoms with Crippen molar-refractivity contribution in [2.75, 3.05) is 32.8 Å². The number of piperidine rings is 3. The lowest BCUT2D eigenvalue weighted by Crippen LogP contribution is -2.68. The molecule has 3 atom stereocenters. The molecule has 1 saturated carbocycles. The highest BCUT2D eigenvalue weighted by atomic mass is 79.9. The van der Waals surface area contributed by atoms with Crippen LogP contribution in [0.1, 0.15) is 37.7 Å². The van der Waals surface area contributed by atoms with Gasteiger partial charge in [0.25, 0.3) is 0 Å². The van der Waals surface area contributed by atoms with Crippen molar-refractivity contribution in [1.82, 2.24) is 0 Å². The van der Waals surface area contributed by atoms with Crippen molar-refractivity contribution < 1.29 is 19.1 Å². The van der Waals surface area contributed by atoms with Crippen LogP contribution in [0, 0.1) is 11.8 Å². The van der Waals surface area contributed by atoms with Crippen LogP contribution in [0.4, 0.5) is 0 Å². The minimum Gasteiger partial charge on any atom is -0.493 e. The Hall–Kier alpha value is -1.40. The first kappa shape index (κ1) is 22.4. The van der Waals surface area contributed by atoms with Gasteiger partial charge in [-0.25, -0.2) is 0 Å². The summed E-state index contributed by atoms with van der Waals surface area (Å²) in [6, 6.07) is 20.2. The van der Waals surface area contributed by atoms with Gasteiger partial charge in [-0.2, -0.15) is 0 Å². The van der Waals surface area contributed by atoms with E-state index < -0.39 is 5.60 Å². The first-order valence-corrected chi connectivity index (χ1v) is 13.1. The molecular weight excluding hydrogens is 466 g/mol. The van der Waals surface area contributed by atoms with Gasteiger partial charge in [0.1, 0.15) is 17.5 Å². The Bertz CT molecular complexity index is 867. The molecule has 5 heteroatoms. The molecule has 3 saturated heterocycles. The predicted molar refractivity (Wildman–Crippen MR) is 130 cm³/mol. The summed E-state index contributed by atoms with van der Waals surface area (Å²) in [5.74, 6) is 1.85. The molecule has 3 aliphatic heterocycles. The molecule has 6 rings (SSSR count). The van der Waals surface area contributed by atoms with Crippen molar-refractivity contribution in [3.8, 4) is 5.75 Å². The Labute approximate surface area is 200 Å². The van der Waals surface area contributed by atoms with E-state index in [1.807, 2.05) is 60.7 Å². The van der Waals surface area contributed by atoms with Gasteiger partial charge in [0, 0.05) is 25.2 Å². The van der Waals surface area contributed by atoms with Crippen LogP contribution in [0.3, 0.4) is 0 Å². The molecule has 2 aromatic rings. The monoisotopic (exact) mass is 500 g/mol. The van der Waals surface area contributed by atoms with E-state index in [0.29, 0.717) is 18.4 Å². The molecule has 0 amide bonds. The summed E-state index contributed by atoms with van der Waals surface area (Å²) in [7, 11) is 0. The largest absolute Gasteiger partial charge is 0.493 e. The highest BCUT2D eigenvalue weighted by Gasteiger charge is 2.54. The number of benzene rings is 2. The third kappa shape index (κ3) is 4.50. The summed E-state index contributed by atoms with van der Waals surface area (Å²) in [6.45, 7) is 4.64. The van der Waals surface area contributed by atoms with Gasteiger partial charge in [-0.15, -0.1) is 0 Å². The second-order valence-corrected chi connectivity index (χ2v) is 10.9. The average Bonchev–Trinajstić information content (AvgIpc) is 3.70. The number of fused-ring (bicyclic) bond motifs is 3. The van der Waals surface area contributed by atoms with Gasteiger partial charge in [0.05, 0.1) is 32.8 Å². The van der Waals surface area contributed by atoms with E-state index in [2.05, 4.69) is 15.9 Å². The summed E-state index contributed by atoms with van der Waals surface area (Å²) in [6.07, 6.45) is 5.77. The Morgan fingerprint density at radius 1 is 0.938 bits per heavy atom. The van der Waals surface area contributed by atoms with Crippen LogP contribution < -0.4 is 4.74 Å². The number of nitrogens with zero attached hydrogens (tertiary/aromatic N) is 1. The summed E-state index contributed by atoms with van der Waals surface area (Å²) in [5, 5.41) is 11.6. The fraction of sp³-hybridized carbons (Fsp3) is 0.556. The molecule has 4 nitrogen and oxygen atoms in total. The van der Waals surface area contributed by atoms with E-state index in [0.717, 1.165) is 48.2 Å². The van der Waals surface area contributed by atoms with Crippen molar-refractivity contribution >= 4 is 15.9 Å².